The molecule has 1 N–H and O–H groups in total. The maximum atomic E-state index is 12.0. The highest BCUT2D eigenvalue weighted by Gasteiger charge is 2.17. The molecule has 0 fully saturated rings. The van der Waals surface area contributed by atoms with Crippen molar-refractivity contribution < 1.29 is 24.2 Å². The molecule has 0 heterocycles. The predicted molar refractivity (Wildman–Crippen MR) is 86.9 cm³/mol. The summed E-state index contributed by atoms with van der Waals surface area (Å²) in [6, 6.07) is 5.61. The highest BCUT2D eigenvalue weighted by Crippen LogP contribution is 2.25. The van der Waals surface area contributed by atoms with Gasteiger partial charge in [0.2, 0.25) is 5.91 Å². The van der Waals surface area contributed by atoms with E-state index in [-0.39, 0.29) is 12.5 Å². The number of aliphatic carboxylic acids is 1. The number of hydrogen-bond donors (Lipinski definition) is 1. The van der Waals surface area contributed by atoms with E-state index in [1.54, 1.807) is 28.2 Å². The molecule has 1 amide bonds. The van der Waals surface area contributed by atoms with E-state index in [1.807, 2.05) is 18.2 Å². The van der Waals surface area contributed by atoms with Crippen molar-refractivity contribution >= 4 is 11.9 Å². The fraction of sp³-hybridized carbons (Fsp3) is 0.529. The second-order valence-electron chi connectivity index (χ2n) is 5.54. The summed E-state index contributed by atoms with van der Waals surface area (Å²) in [4.78, 5) is 24.3. The van der Waals surface area contributed by atoms with E-state index in [0.29, 0.717) is 19.3 Å². The summed E-state index contributed by atoms with van der Waals surface area (Å²) < 4.78 is 10.5. The maximum absolute atomic E-state index is 12.0. The molecule has 0 aromatic heterocycles. The average Bonchev–Trinajstić information content (AvgIpc) is 2.54. The molecular weight excluding hydrogens is 298 g/mol. The van der Waals surface area contributed by atoms with E-state index in [0.717, 1.165) is 17.1 Å². The third-order valence-corrected chi connectivity index (χ3v) is 3.73. The summed E-state index contributed by atoms with van der Waals surface area (Å²) in [5, 5.41) is 8.88. The minimum atomic E-state index is -0.896. The SMILES string of the molecule is COc1ccc(CCCC(=O)N(C)CC(C)C(=O)O)c(OC)c1. The lowest BCUT2D eigenvalue weighted by atomic mass is 10.1. The Bertz CT molecular complexity index is 544. The normalized spacial score (nSPS) is 11.7. The van der Waals surface area contributed by atoms with Gasteiger partial charge in [-0.05, 0) is 24.5 Å². The van der Waals surface area contributed by atoms with Gasteiger partial charge in [-0.3, -0.25) is 9.59 Å². The van der Waals surface area contributed by atoms with Gasteiger partial charge in [0.05, 0.1) is 20.1 Å². The van der Waals surface area contributed by atoms with Crippen LogP contribution in [0.5, 0.6) is 11.5 Å². The molecule has 1 aromatic rings. The topological polar surface area (TPSA) is 76.1 Å². The van der Waals surface area contributed by atoms with Gasteiger partial charge >= 0.3 is 5.97 Å². The number of rotatable bonds is 9. The number of benzene rings is 1. The Balaban J connectivity index is 2.50. The molecule has 1 aromatic carbocycles. The van der Waals surface area contributed by atoms with Crippen LogP contribution in [0.4, 0.5) is 0 Å². The molecule has 0 aliphatic heterocycles. The van der Waals surface area contributed by atoms with Crippen LogP contribution in [0.25, 0.3) is 0 Å². The molecule has 6 heteroatoms. The van der Waals surface area contributed by atoms with Crippen LogP contribution < -0.4 is 9.47 Å². The average molecular weight is 323 g/mol. The first-order valence-electron chi connectivity index (χ1n) is 7.56. The Morgan fingerprint density at radius 2 is 1.96 bits per heavy atom. The fourth-order valence-corrected chi connectivity index (χ4v) is 2.27. The molecule has 1 rings (SSSR count). The zero-order valence-electron chi connectivity index (χ0n) is 14.2. The number of methoxy groups -OCH3 is 2. The number of nitrogens with zero attached hydrogens (tertiary/aromatic N) is 1. The van der Waals surface area contributed by atoms with Gasteiger partial charge in [0.15, 0.2) is 0 Å². The molecule has 23 heavy (non-hydrogen) atoms. The van der Waals surface area contributed by atoms with E-state index < -0.39 is 11.9 Å². The summed E-state index contributed by atoms with van der Waals surface area (Å²) in [7, 11) is 4.83. The number of carboxylic acid groups (broad SMARTS) is 1. The second kappa shape index (κ2) is 9.02. The third kappa shape index (κ3) is 5.81. The first-order valence-corrected chi connectivity index (χ1v) is 7.56. The maximum Gasteiger partial charge on any atom is 0.308 e. The summed E-state index contributed by atoms with van der Waals surface area (Å²) in [6.45, 7) is 1.81. The van der Waals surface area contributed by atoms with E-state index in [1.165, 1.54) is 4.90 Å². The minimum Gasteiger partial charge on any atom is -0.497 e. The number of carboxylic acids is 1. The number of hydrogen-bond acceptors (Lipinski definition) is 4. The van der Waals surface area contributed by atoms with Crippen LogP contribution in [0, 0.1) is 5.92 Å². The Morgan fingerprint density at radius 3 is 2.52 bits per heavy atom. The molecule has 0 spiro atoms. The van der Waals surface area contributed by atoms with Crippen LogP contribution in [-0.4, -0.2) is 49.7 Å². The lowest BCUT2D eigenvalue weighted by Crippen LogP contribution is -2.33. The van der Waals surface area contributed by atoms with E-state index >= 15 is 0 Å². The first-order chi connectivity index (χ1) is 10.9. The molecule has 0 saturated carbocycles. The summed E-state index contributed by atoms with van der Waals surface area (Å²) in [5.74, 6) is -0.0439. The fourth-order valence-electron chi connectivity index (χ4n) is 2.27. The van der Waals surface area contributed by atoms with Crippen molar-refractivity contribution in [2.75, 3.05) is 27.8 Å². The van der Waals surface area contributed by atoms with Crippen LogP contribution in [0.2, 0.25) is 0 Å². The second-order valence-corrected chi connectivity index (χ2v) is 5.54. The van der Waals surface area contributed by atoms with Crippen LogP contribution >= 0.6 is 0 Å². The van der Waals surface area contributed by atoms with Gasteiger partial charge < -0.3 is 19.5 Å². The quantitative estimate of drug-likeness (QED) is 0.754. The van der Waals surface area contributed by atoms with Crippen LogP contribution in [-0.2, 0) is 16.0 Å². The summed E-state index contributed by atoms with van der Waals surface area (Å²) in [6.07, 6.45) is 1.76. The smallest absolute Gasteiger partial charge is 0.308 e. The standard InChI is InChI=1S/C17H25NO5/c1-12(17(20)21)11-18(2)16(19)7-5-6-13-8-9-14(22-3)10-15(13)23-4/h8-10,12H,5-7,11H2,1-4H3,(H,20,21). The van der Waals surface area contributed by atoms with Gasteiger partial charge in [-0.25, -0.2) is 0 Å². The van der Waals surface area contributed by atoms with Crippen LogP contribution in [0.3, 0.4) is 0 Å². The zero-order valence-corrected chi connectivity index (χ0v) is 14.2. The van der Waals surface area contributed by atoms with E-state index in [9.17, 15) is 9.59 Å². The lowest BCUT2D eigenvalue weighted by Gasteiger charge is -2.19. The summed E-state index contributed by atoms with van der Waals surface area (Å²) >= 11 is 0. The Kier molecular flexibility index (Phi) is 7.38. The third-order valence-electron chi connectivity index (χ3n) is 3.73. The summed E-state index contributed by atoms with van der Waals surface area (Å²) in [5.41, 5.74) is 1.02. The number of aryl methyl sites for hydroxylation is 1. The number of carbonyl (C=O) groups is 2. The minimum absolute atomic E-state index is 0.0504. The van der Waals surface area contributed by atoms with Gasteiger partial charge in [-0.15, -0.1) is 0 Å². The highest BCUT2D eigenvalue weighted by molar-refractivity contribution is 5.77. The first kappa shape index (κ1) is 18.8. The number of ether oxygens (including phenoxy) is 2. The van der Waals surface area contributed by atoms with E-state index in [4.69, 9.17) is 14.6 Å². The zero-order chi connectivity index (χ0) is 17.4. The number of amides is 1. The molecule has 0 aliphatic carbocycles. The lowest BCUT2D eigenvalue weighted by molar-refractivity contribution is -0.142. The largest absolute Gasteiger partial charge is 0.497 e. The van der Waals surface area contributed by atoms with Crippen molar-refractivity contribution in [1.29, 1.82) is 0 Å². The van der Waals surface area contributed by atoms with Gasteiger partial charge in [-0.2, -0.15) is 0 Å². The molecule has 0 radical (unpaired) electrons. The van der Waals surface area contributed by atoms with Crippen molar-refractivity contribution in [2.45, 2.75) is 26.2 Å². The van der Waals surface area contributed by atoms with Crippen molar-refractivity contribution in [3.63, 3.8) is 0 Å². The van der Waals surface area contributed by atoms with E-state index in [2.05, 4.69) is 0 Å². The molecule has 6 nitrogen and oxygen atoms in total. The molecular formula is C17H25NO5. The van der Waals surface area contributed by atoms with Gasteiger partial charge in [0.1, 0.15) is 11.5 Å². The molecule has 0 aliphatic rings. The van der Waals surface area contributed by atoms with Crippen LogP contribution in [0.1, 0.15) is 25.3 Å². The Labute approximate surface area is 137 Å². The monoisotopic (exact) mass is 323 g/mol. The van der Waals surface area contributed by atoms with Crippen molar-refractivity contribution in [2.24, 2.45) is 5.92 Å². The van der Waals surface area contributed by atoms with Gasteiger partial charge in [-0.1, -0.05) is 13.0 Å². The van der Waals surface area contributed by atoms with Crippen molar-refractivity contribution in [1.82, 2.24) is 4.90 Å². The molecule has 128 valence electrons. The predicted octanol–water partition coefficient (Wildman–Crippen LogP) is 2.21. The Hall–Kier alpha value is -2.24. The molecule has 0 bridgehead atoms. The van der Waals surface area contributed by atoms with Crippen molar-refractivity contribution in [3.8, 4) is 11.5 Å². The van der Waals surface area contributed by atoms with Crippen molar-refractivity contribution in [3.05, 3.63) is 23.8 Å². The molecule has 1 atom stereocenters. The molecule has 1 unspecified atom stereocenters. The van der Waals surface area contributed by atoms with Gasteiger partial charge in [0, 0.05) is 26.1 Å². The highest BCUT2D eigenvalue weighted by atomic mass is 16.5. The Morgan fingerprint density at radius 1 is 1.26 bits per heavy atom. The number of carbonyl (C=O) groups excluding carboxylic acids is 1. The van der Waals surface area contributed by atoms with Gasteiger partial charge in [0.25, 0.3) is 0 Å². The van der Waals surface area contributed by atoms with Crippen LogP contribution in [0.15, 0.2) is 18.2 Å². The molecule has 0 saturated heterocycles.